The first-order valence-corrected chi connectivity index (χ1v) is 6.18. The Kier molecular flexibility index (Phi) is 6.09. The lowest BCUT2D eigenvalue weighted by atomic mass is 9.99. The van der Waals surface area contributed by atoms with Gasteiger partial charge in [-0.05, 0) is 37.6 Å². The summed E-state index contributed by atoms with van der Waals surface area (Å²) in [4.78, 5) is 0. The molecule has 18 heavy (non-hydrogen) atoms. The standard InChI is InChI=1S/C14H22FNO2/c1-5-13(17-3)12(16-2)9-10-6-7-14(18-4)11(15)8-10/h6-8,12-13,16H,5,9H2,1-4H3. The number of likely N-dealkylation sites (N-methyl/N-ethyl adjacent to an activating group) is 1. The van der Waals surface area contributed by atoms with Gasteiger partial charge in [0.2, 0.25) is 0 Å². The zero-order valence-electron chi connectivity index (χ0n) is 11.5. The van der Waals surface area contributed by atoms with Crippen LogP contribution in [0.4, 0.5) is 4.39 Å². The summed E-state index contributed by atoms with van der Waals surface area (Å²) < 4.78 is 23.9. The molecule has 102 valence electrons. The van der Waals surface area contributed by atoms with E-state index in [1.54, 1.807) is 13.2 Å². The Morgan fingerprint density at radius 1 is 1.33 bits per heavy atom. The molecule has 0 heterocycles. The molecule has 2 atom stereocenters. The zero-order chi connectivity index (χ0) is 13.5. The SMILES string of the molecule is CCC(OC)C(Cc1ccc(OC)c(F)c1)NC. The van der Waals surface area contributed by atoms with E-state index in [1.165, 1.54) is 13.2 Å². The van der Waals surface area contributed by atoms with Crippen LogP contribution in [-0.2, 0) is 11.2 Å². The topological polar surface area (TPSA) is 30.5 Å². The fourth-order valence-corrected chi connectivity index (χ4v) is 2.13. The van der Waals surface area contributed by atoms with Gasteiger partial charge in [-0.25, -0.2) is 4.39 Å². The summed E-state index contributed by atoms with van der Waals surface area (Å²) >= 11 is 0. The molecule has 0 bridgehead atoms. The van der Waals surface area contributed by atoms with Crippen LogP contribution in [0.1, 0.15) is 18.9 Å². The minimum Gasteiger partial charge on any atom is -0.494 e. The van der Waals surface area contributed by atoms with Gasteiger partial charge in [0.05, 0.1) is 13.2 Å². The van der Waals surface area contributed by atoms with Gasteiger partial charge in [0.15, 0.2) is 11.6 Å². The monoisotopic (exact) mass is 255 g/mol. The highest BCUT2D eigenvalue weighted by Crippen LogP contribution is 2.19. The van der Waals surface area contributed by atoms with E-state index >= 15 is 0 Å². The molecule has 1 N–H and O–H groups in total. The summed E-state index contributed by atoms with van der Waals surface area (Å²) in [7, 11) is 5.06. The highest BCUT2D eigenvalue weighted by atomic mass is 19.1. The van der Waals surface area contributed by atoms with E-state index in [4.69, 9.17) is 9.47 Å². The first-order chi connectivity index (χ1) is 8.65. The van der Waals surface area contributed by atoms with Crippen LogP contribution in [0.2, 0.25) is 0 Å². The Bertz CT molecular complexity index is 367. The summed E-state index contributed by atoms with van der Waals surface area (Å²) in [6, 6.07) is 5.23. The first kappa shape index (κ1) is 14.9. The van der Waals surface area contributed by atoms with Crippen molar-refractivity contribution in [2.75, 3.05) is 21.3 Å². The average molecular weight is 255 g/mol. The van der Waals surface area contributed by atoms with Crippen molar-refractivity contribution >= 4 is 0 Å². The van der Waals surface area contributed by atoms with Crippen molar-refractivity contribution in [2.45, 2.75) is 31.9 Å². The van der Waals surface area contributed by atoms with E-state index in [0.29, 0.717) is 0 Å². The van der Waals surface area contributed by atoms with Gasteiger partial charge in [-0.2, -0.15) is 0 Å². The molecule has 3 nitrogen and oxygen atoms in total. The summed E-state index contributed by atoms with van der Waals surface area (Å²) in [6.07, 6.45) is 1.77. The lowest BCUT2D eigenvalue weighted by molar-refractivity contribution is 0.0678. The molecule has 0 amide bonds. The molecule has 2 unspecified atom stereocenters. The van der Waals surface area contributed by atoms with Gasteiger partial charge in [-0.1, -0.05) is 13.0 Å². The quantitative estimate of drug-likeness (QED) is 0.811. The van der Waals surface area contributed by atoms with Crippen molar-refractivity contribution in [3.05, 3.63) is 29.6 Å². The Hall–Kier alpha value is -1.13. The van der Waals surface area contributed by atoms with Gasteiger partial charge in [0.25, 0.3) is 0 Å². The second-order valence-electron chi connectivity index (χ2n) is 4.25. The molecule has 1 rings (SSSR count). The van der Waals surface area contributed by atoms with Crippen LogP contribution in [0.25, 0.3) is 0 Å². The van der Waals surface area contributed by atoms with Crippen LogP contribution in [0, 0.1) is 5.82 Å². The predicted octanol–water partition coefficient (Wildman–Crippen LogP) is 2.39. The number of hydrogen-bond donors (Lipinski definition) is 1. The van der Waals surface area contributed by atoms with E-state index in [-0.39, 0.29) is 23.7 Å². The molecular formula is C14H22FNO2. The first-order valence-electron chi connectivity index (χ1n) is 6.18. The summed E-state index contributed by atoms with van der Waals surface area (Å²) in [5.74, 6) is -0.0474. The van der Waals surface area contributed by atoms with Gasteiger partial charge in [0.1, 0.15) is 0 Å². The minimum atomic E-state index is -0.324. The number of hydrogen-bond acceptors (Lipinski definition) is 3. The van der Waals surface area contributed by atoms with Crippen molar-refractivity contribution in [3.8, 4) is 5.75 Å². The van der Waals surface area contributed by atoms with Gasteiger partial charge < -0.3 is 14.8 Å². The molecule has 0 spiro atoms. The van der Waals surface area contributed by atoms with Gasteiger partial charge >= 0.3 is 0 Å². The zero-order valence-corrected chi connectivity index (χ0v) is 11.5. The Balaban J connectivity index is 2.78. The molecule has 0 radical (unpaired) electrons. The van der Waals surface area contributed by atoms with Crippen molar-refractivity contribution in [2.24, 2.45) is 0 Å². The van der Waals surface area contributed by atoms with Crippen LogP contribution in [-0.4, -0.2) is 33.4 Å². The van der Waals surface area contributed by atoms with Crippen molar-refractivity contribution in [3.63, 3.8) is 0 Å². The van der Waals surface area contributed by atoms with Crippen LogP contribution in [0.5, 0.6) is 5.75 Å². The fourth-order valence-electron chi connectivity index (χ4n) is 2.13. The maximum Gasteiger partial charge on any atom is 0.165 e. The third kappa shape index (κ3) is 3.68. The Labute approximate surface area is 108 Å². The number of rotatable bonds is 7. The summed E-state index contributed by atoms with van der Waals surface area (Å²) in [5, 5.41) is 3.22. The van der Waals surface area contributed by atoms with Crippen molar-refractivity contribution < 1.29 is 13.9 Å². The number of benzene rings is 1. The number of ether oxygens (including phenoxy) is 2. The summed E-state index contributed by atoms with van der Waals surface area (Å²) in [5.41, 5.74) is 0.933. The number of nitrogens with one attached hydrogen (secondary N) is 1. The maximum absolute atomic E-state index is 13.6. The molecule has 0 aliphatic heterocycles. The molecule has 4 heteroatoms. The van der Waals surface area contributed by atoms with Crippen LogP contribution >= 0.6 is 0 Å². The smallest absolute Gasteiger partial charge is 0.165 e. The third-order valence-electron chi connectivity index (χ3n) is 3.20. The molecule has 0 aromatic heterocycles. The molecule has 1 aromatic carbocycles. The van der Waals surface area contributed by atoms with E-state index in [0.717, 1.165) is 18.4 Å². The van der Waals surface area contributed by atoms with E-state index < -0.39 is 0 Å². The third-order valence-corrected chi connectivity index (χ3v) is 3.20. The molecule has 0 fully saturated rings. The van der Waals surface area contributed by atoms with Crippen LogP contribution in [0.3, 0.4) is 0 Å². The van der Waals surface area contributed by atoms with Crippen LogP contribution < -0.4 is 10.1 Å². The molecule has 1 aromatic rings. The lowest BCUT2D eigenvalue weighted by Gasteiger charge is -2.24. The molecular weight excluding hydrogens is 233 g/mol. The minimum absolute atomic E-state index is 0.125. The number of methoxy groups -OCH3 is 2. The highest BCUT2D eigenvalue weighted by molar-refractivity contribution is 5.29. The van der Waals surface area contributed by atoms with Gasteiger partial charge in [-0.15, -0.1) is 0 Å². The Morgan fingerprint density at radius 2 is 2.06 bits per heavy atom. The normalized spacial score (nSPS) is 14.3. The largest absolute Gasteiger partial charge is 0.494 e. The molecule has 0 aliphatic carbocycles. The second kappa shape index (κ2) is 7.34. The average Bonchev–Trinajstić information content (AvgIpc) is 2.39. The second-order valence-corrected chi connectivity index (χ2v) is 4.25. The van der Waals surface area contributed by atoms with Gasteiger partial charge in [-0.3, -0.25) is 0 Å². The molecule has 0 saturated heterocycles. The molecule has 0 saturated carbocycles. The Morgan fingerprint density at radius 3 is 2.50 bits per heavy atom. The van der Waals surface area contributed by atoms with Gasteiger partial charge in [0, 0.05) is 13.2 Å². The van der Waals surface area contributed by atoms with E-state index in [2.05, 4.69) is 12.2 Å². The lowest BCUT2D eigenvalue weighted by Crippen LogP contribution is -2.40. The highest BCUT2D eigenvalue weighted by Gasteiger charge is 2.18. The van der Waals surface area contributed by atoms with E-state index in [1.807, 2.05) is 13.1 Å². The maximum atomic E-state index is 13.6. The predicted molar refractivity (Wildman–Crippen MR) is 70.6 cm³/mol. The summed E-state index contributed by atoms with van der Waals surface area (Å²) in [6.45, 7) is 2.08. The molecule has 0 aliphatic rings. The fraction of sp³-hybridized carbons (Fsp3) is 0.571. The van der Waals surface area contributed by atoms with Crippen molar-refractivity contribution in [1.29, 1.82) is 0 Å². The van der Waals surface area contributed by atoms with Crippen molar-refractivity contribution in [1.82, 2.24) is 5.32 Å². The van der Waals surface area contributed by atoms with Crippen LogP contribution in [0.15, 0.2) is 18.2 Å². The number of halogens is 1. The van der Waals surface area contributed by atoms with E-state index in [9.17, 15) is 4.39 Å².